The number of hydrogen-bond donors (Lipinski definition) is 1. The molecule has 0 aliphatic rings. The van der Waals surface area contributed by atoms with Gasteiger partial charge in [-0.15, -0.1) is 0 Å². The summed E-state index contributed by atoms with van der Waals surface area (Å²) in [6.07, 6.45) is 5.46. The predicted octanol–water partition coefficient (Wildman–Crippen LogP) is 3.77. The molecular weight excluding hydrogens is 364 g/mol. The van der Waals surface area contributed by atoms with Crippen LogP contribution in [0.5, 0.6) is 0 Å². The summed E-state index contributed by atoms with van der Waals surface area (Å²) in [5.74, 6) is -0.483. The Morgan fingerprint density at radius 3 is 2.21 bits per heavy atom. The molecule has 0 aliphatic carbocycles. The second-order valence-corrected chi connectivity index (χ2v) is 6.80. The molecule has 0 radical (unpaired) electrons. The van der Waals surface area contributed by atoms with Crippen molar-refractivity contribution in [1.82, 2.24) is 0 Å². The minimum atomic E-state index is -0.351. The summed E-state index contributed by atoms with van der Waals surface area (Å²) >= 11 is 0. The van der Waals surface area contributed by atoms with Crippen LogP contribution in [0, 0.1) is 0 Å². The molecule has 3 rings (SSSR count). The first-order valence-corrected chi connectivity index (χ1v) is 9.73. The fourth-order valence-corrected chi connectivity index (χ4v) is 2.88. The molecule has 148 valence electrons. The Labute approximate surface area is 171 Å². The lowest BCUT2D eigenvalue weighted by atomic mass is 10.1. The zero-order valence-corrected chi connectivity index (χ0v) is 16.5. The number of ether oxygens (including phenoxy) is 1. The summed E-state index contributed by atoms with van der Waals surface area (Å²) in [6, 6.07) is 21.0. The van der Waals surface area contributed by atoms with Gasteiger partial charge in [-0.05, 0) is 48.2 Å². The van der Waals surface area contributed by atoms with Crippen molar-refractivity contribution in [3.05, 3.63) is 95.8 Å². The van der Waals surface area contributed by atoms with Crippen LogP contribution < -0.4 is 9.88 Å². The topological polar surface area (TPSA) is 59.3 Å². The molecule has 0 unspecified atom stereocenters. The lowest BCUT2D eigenvalue weighted by Gasteiger charge is -2.06. The molecule has 2 aromatic carbocycles. The van der Waals surface area contributed by atoms with Gasteiger partial charge in [-0.25, -0.2) is 4.79 Å². The summed E-state index contributed by atoms with van der Waals surface area (Å²) in [5, 5.41) is 2.84. The number of amides is 1. The maximum atomic E-state index is 12.3. The quantitative estimate of drug-likeness (QED) is 0.471. The van der Waals surface area contributed by atoms with E-state index in [1.165, 1.54) is 11.1 Å². The molecule has 0 saturated carbocycles. The van der Waals surface area contributed by atoms with Gasteiger partial charge in [-0.2, -0.15) is 4.57 Å². The normalized spacial score (nSPS) is 10.4. The maximum absolute atomic E-state index is 12.3. The number of carbonyl (C=O) groups is 2. The van der Waals surface area contributed by atoms with E-state index >= 15 is 0 Å². The third kappa shape index (κ3) is 6.28. The van der Waals surface area contributed by atoms with E-state index in [1.54, 1.807) is 24.3 Å². The highest BCUT2D eigenvalue weighted by Gasteiger charge is 2.11. The van der Waals surface area contributed by atoms with Crippen LogP contribution in [0.4, 0.5) is 5.69 Å². The molecule has 1 N–H and O–H groups in total. The van der Waals surface area contributed by atoms with Crippen LogP contribution in [0.2, 0.25) is 0 Å². The van der Waals surface area contributed by atoms with Crippen molar-refractivity contribution in [1.29, 1.82) is 0 Å². The SMILES string of the molecule is CCCOC(=O)c1ccc(NC(=O)C[n+]2ccc(Cc3ccccc3)cc2)cc1. The summed E-state index contributed by atoms with van der Waals surface area (Å²) in [6.45, 7) is 2.56. The number of esters is 1. The fraction of sp³-hybridized carbons (Fsp3) is 0.208. The van der Waals surface area contributed by atoms with Crippen LogP contribution in [0.3, 0.4) is 0 Å². The molecule has 3 aromatic rings. The van der Waals surface area contributed by atoms with Gasteiger partial charge in [0, 0.05) is 17.8 Å². The Morgan fingerprint density at radius 1 is 0.897 bits per heavy atom. The van der Waals surface area contributed by atoms with Crippen molar-refractivity contribution >= 4 is 17.6 Å². The van der Waals surface area contributed by atoms with Crippen LogP contribution in [0.1, 0.15) is 34.8 Å². The average Bonchev–Trinajstić information content (AvgIpc) is 2.74. The predicted molar refractivity (Wildman–Crippen MR) is 112 cm³/mol. The Kier molecular flexibility index (Phi) is 7.11. The molecule has 5 heteroatoms. The Bertz CT molecular complexity index is 936. The lowest BCUT2D eigenvalue weighted by Crippen LogP contribution is -2.39. The van der Waals surface area contributed by atoms with Gasteiger partial charge in [0.05, 0.1) is 12.2 Å². The Balaban J connectivity index is 1.52. The van der Waals surface area contributed by atoms with Gasteiger partial charge in [0.1, 0.15) is 0 Å². The number of carbonyl (C=O) groups excluding carboxylic acids is 2. The number of hydrogen-bond acceptors (Lipinski definition) is 3. The highest BCUT2D eigenvalue weighted by Crippen LogP contribution is 2.11. The van der Waals surface area contributed by atoms with Crippen LogP contribution in [0.25, 0.3) is 0 Å². The molecule has 1 aromatic heterocycles. The van der Waals surface area contributed by atoms with Crippen LogP contribution in [-0.4, -0.2) is 18.5 Å². The highest BCUT2D eigenvalue weighted by molar-refractivity contribution is 5.92. The van der Waals surface area contributed by atoms with Crippen molar-refractivity contribution in [3.8, 4) is 0 Å². The molecule has 1 heterocycles. The largest absolute Gasteiger partial charge is 0.462 e. The molecule has 0 aliphatic heterocycles. The zero-order chi connectivity index (χ0) is 20.5. The zero-order valence-electron chi connectivity index (χ0n) is 16.5. The monoisotopic (exact) mass is 389 g/mol. The van der Waals surface area contributed by atoms with Crippen molar-refractivity contribution < 1.29 is 18.9 Å². The third-order valence-electron chi connectivity index (χ3n) is 4.38. The van der Waals surface area contributed by atoms with E-state index in [0.717, 1.165) is 12.8 Å². The van der Waals surface area contributed by atoms with E-state index in [1.807, 2.05) is 54.2 Å². The van der Waals surface area contributed by atoms with Crippen molar-refractivity contribution in [2.45, 2.75) is 26.3 Å². The van der Waals surface area contributed by atoms with Gasteiger partial charge in [-0.1, -0.05) is 37.3 Å². The van der Waals surface area contributed by atoms with Crippen LogP contribution in [0.15, 0.2) is 79.1 Å². The van der Waals surface area contributed by atoms with E-state index in [2.05, 4.69) is 17.4 Å². The molecule has 5 nitrogen and oxygen atoms in total. The fourth-order valence-electron chi connectivity index (χ4n) is 2.88. The summed E-state index contributed by atoms with van der Waals surface area (Å²) in [5.41, 5.74) is 3.56. The number of nitrogens with one attached hydrogen (secondary N) is 1. The molecule has 0 bridgehead atoms. The first kappa shape index (κ1) is 20.3. The van der Waals surface area contributed by atoms with Crippen LogP contribution >= 0.6 is 0 Å². The molecule has 0 atom stereocenters. The first-order chi connectivity index (χ1) is 14.1. The second-order valence-electron chi connectivity index (χ2n) is 6.80. The minimum absolute atomic E-state index is 0.132. The minimum Gasteiger partial charge on any atom is -0.462 e. The summed E-state index contributed by atoms with van der Waals surface area (Å²) < 4.78 is 6.93. The van der Waals surface area contributed by atoms with Gasteiger partial charge < -0.3 is 10.1 Å². The molecule has 0 spiro atoms. The smallest absolute Gasteiger partial charge is 0.338 e. The molecule has 1 amide bonds. The van der Waals surface area contributed by atoms with E-state index in [-0.39, 0.29) is 18.4 Å². The molecule has 29 heavy (non-hydrogen) atoms. The maximum Gasteiger partial charge on any atom is 0.338 e. The average molecular weight is 389 g/mol. The lowest BCUT2D eigenvalue weighted by molar-refractivity contribution is -0.684. The van der Waals surface area contributed by atoms with Crippen molar-refractivity contribution in [2.24, 2.45) is 0 Å². The van der Waals surface area contributed by atoms with Crippen molar-refractivity contribution in [2.75, 3.05) is 11.9 Å². The number of anilines is 1. The molecule has 0 saturated heterocycles. The Morgan fingerprint density at radius 2 is 1.55 bits per heavy atom. The first-order valence-electron chi connectivity index (χ1n) is 9.73. The number of aromatic nitrogens is 1. The molecule has 0 fully saturated rings. The highest BCUT2D eigenvalue weighted by atomic mass is 16.5. The number of pyridine rings is 1. The number of nitrogens with zero attached hydrogens (tertiary/aromatic N) is 1. The third-order valence-corrected chi connectivity index (χ3v) is 4.38. The number of rotatable bonds is 8. The summed E-state index contributed by atoms with van der Waals surface area (Å²) in [7, 11) is 0. The van der Waals surface area contributed by atoms with Gasteiger partial charge in [-0.3, -0.25) is 4.79 Å². The molecular formula is C24H25N2O3+. The van der Waals surface area contributed by atoms with E-state index in [4.69, 9.17) is 4.74 Å². The van der Waals surface area contributed by atoms with E-state index in [0.29, 0.717) is 17.9 Å². The van der Waals surface area contributed by atoms with Crippen molar-refractivity contribution in [3.63, 3.8) is 0 Å². The summed E-state index contributed by atoms with van der Waals surface area (Å²) in [4.78, 5) is 24.1. The Hall–Kier alpha value is -3.47. The van der Waals surface area contributed by atoms with Gasteiger partial charge in [0.25, 0.3) is 5.91 Å². The number of benzene rings is 2. The second kappa shape index (κ2) is 10.2. The van der Waals surface area contributed by atoms with Gasteiger partial charge >= 0.3 is 5.97 Å². The van der Waals surface area contributed by atoms with Crippen LogP contribution in [-0.2, 0) is 22.5 Å². The standard InChI is InChI=1S/C24H24N2O3/c1-2-16-29-24(28)21-8-10-22(11-9-21)25-23(27)18-26-14-12-20(13-15-26)17-19-6-4-3-5-7-19/h3-15H,2,16-18H2,1H3/p+1. The van der Waals surface area contributed by atoms with E-state index in [9.17, 15) is 9.59 Å². The van der Waals surface area contributed by atoms with E-state index < -0.39 is 0 Å². The van der Waals surface area contributed by atoms with Gasteiger partial charge in [0.15, 0.2) is 12.4 Å². The van der Waals surface area contributed by atoms with Gasteiger partial charge in [0.2, 0.25) is 6.54 Å².